The van der Waals surface area contributed by atoms with Gasteiger partial charge in [-0.1, -0.05) is 49.4 Å². The third-order valence-corrected chi connectivity index (χ3v) is 4.42. The Morgan fingerprint density at radius 1 is 1.11 bits per heavy atom. The van der Waals surface area contributed by atoms with E-state index in [9.17, 15) is 9.59 Å². The number of hydrazone groups is 1. The van der Waals surface area contributed by atoms with Crippen LogP contribution in [0.1, 0.15) is 36.9 Å². The van der Waals surface area contributed by atoms with E-state index in [2.05, 4.69) is 5.10 Å². The number of carbonyl (C=O) groups is 2. The van der Waals surface area contributed by atoms with Crippen LogP contribution in [0.15, 0.2) is 59.7 Å². The Morgan fingerprint density at radius 3 is 2.44 bits per heavy atom. The quantitative estimate of drug-likeness (QED) is 0.736. The number of hydrogen-bond donors (Lipinski definition) is 0. The zero-order chi connectivity index (χ0) is 19.2. The second kappa shape index (κ2) is 8.49. The molecule has 27 heavy (non-hydrogen) atoms. The molecule has 0 bridgehead atoms. The Kier molecular flexibility index (Phi) is 5.86. The van der Waals surface area contributed by atoms with Crippen molar-refractivity contribution >= 4 is 17.6 Å². The highest BCUT2D eigenvalue weighted by Gasteiger charge is 2.33. The van der Waals surface area contributed by atoms with Gasteiger partial charge in [0.15, 0.2) is 6.61 Å². The van der Waals surface area contributed by atoms with Gasteiger partial charge in [0.25, 0.3) is 5.91 Å². The summed E-state index contributed by atoms with van der Waals surface area (Å²) in [5, 5.41) is 5.96. The molecule has 1 aliphatic rings. The van der Waals surface area contributed by atoms with Crippen molar-refractivity contribution in [3.63, 3.8) is 0 Å². The molecule has 0 spiro atoms. The molecule has 0 radical (unpaired) electrons. The first-order chi connectivity index (χ1) is 13.1. The fraction of sp³-hybridized carbons (Fsp3) is 0.286. The highest BCUT2D eigenvalue weighted by atomic mass is 16.5. The van der Waals surface area contributed by atoms with E-state index in [1.165, 1.54) is 5.01 Å². The molecule has 1 atom stereocenters. The molecule has 2 aromatic rings. The molecule has 0 fully saturated rings. The maximum absolute atomic E-state index is 12.7. The van der Waals surface area contributed by atoms with Gasteiger partial charge in [-0.3, -0.25) is 9.59 Å². The first kappa shape index (κ1) is 18.6. The van der Waals surface area contributed by atoms with Gasteiger partial charge in [-0.15, -0.1) is 0 Å². The van der Waals surface area contributed by atoms with Crippen molar-refractivity contribution in [2.45, 2.75) is 25.8 Å². The van der Waals surface area contributed by atoms with Gasteiger partial charge < -0.3 is 9.47 Å². The molecule has 0 aromatic heterocycles. The molecule has 140 valence electrons. The van der Waals surface area contributed by atoms with Crippen molar-refractivity contribution in [3.05, 3.63) is 65.7 Å². The summed E-state index contributed by atoms with van der Waals surface area (Å²) < 4.78 is 10.2. The molecule has 3 rings (SSSR count). The van der Waals surface area contributed by atoms with Gasteiger partial charge in [0.2, 0.25) is 0 Å². The lowest BCUT2D eigenvalue weighted by molar-refractivity contribution is -0.152. The summed E-state index contributed by atoms with van der Waals surface area (Å²) in [5.41, 5.74) is 2.74. The van der Waals surface area contributed by atoms with Crippen LogP contribution < -0.4 is 4.74 Å². The summed E-state index contributed by atoms with van der Waals surface area (Å²) in [7, 11) is 1.61. The van der Waals surface area contributed by atoms with Crippen LogP contribution in [0.25, 0.3) is 0 Å². The average molecular weight is 366 g/mol. The van der Waals surface area contributed by atoms with Crippen molar-refractivity contribution in [1.82, 2.24) is 5.01 Å². The minimum absolute atomic E-state index is 0.230. The van der Waals surface area contributed by atoms with Gasteiger partial charge in [0.05, 0.1) is 18.9 Å². The van der Waals surface area contributed by atoms with E-state index in [1.807, 2.05) is 54.6 Å². The summed E-state index contributed by atoms with van der Waals surface area (Å²) in [5.74, 6) is -0.00458. The van der Waals surface area contributed by atoms with Gasteiger partial charge in [0.1, 0.15) is 5.75 Å². The van der Waals surface area contributed by atoms with Crippen LogP contribution in [-0.4, -0.2) is 36.3 Å². The molecular weight excluding hydrogens is 344 g/mol. The third-order valence-electron chi connectivity index (χ3n) is 4.42. The normalized spacial score (nSPS) is 16.0. The largest absolute Gasteiger partial charge is 0.497 e. The number of rotatable bonds is 6. The van der Waals surface area contributed by atoms with Gasteiger partial charge >= 0.3 is 5.97 Å². The molecule has 1 heterocycles. The number of esters is 1. The highest BCUT2D eigenvalue weighted by Crippen LogP contribution is 2.33. The minimum Gasteiger partial charge on any atom is -0.497 e. The van der Waals surface area contributed by atoms with E-state index < -0.39 is 5.97 Å². The molecule has 0 N–H and O–H groups in total. The van der Waals surface area contributed by atoms with Gasteiger partial charge in [-0.25, -0.2) is 5.01 Å². The molecule has 6 heteroatoms. The van der Waals surface area contributed by atoms with E-state index in [1.54, 1.807) is 14.0 Å². The summed E-state index contributed by atoms with van der Waals surface area (Å²) in [6.45, 7) is 1.37. The van der Waals surface area contributed by atoms with E-state index in [4.69, 9.17) is 9.47 Å². The van der Waals surface area contributed by atoms with Crippen LogP contribution in [0.5, 0.6) is 5.75 Å². The third kappa shape index (κ3) is 4.34. The van der Waals surface area contributed by atoms with Crippen LogP contribution in [-0.2, 0) is 14.3 Å². The van der Waals surface area contributed by atoms with Gasteiger partial charge in [0, 0.05) is 12.8 Å². The van der Waals surface area contributed by atoms with Crippen LogP contribution in [0.3, 0.4) is 0 Å². The van der Waals surface area contributed by atoms with E-state index in [-0.39, 0.29) is 25.0 Å². The summed E-state index contributed by atoms with van der Waals surface area (Å²) in [6.07, 6.45) is 0.817. The van der Waals surface area contributed by atoms with E-state index >= 15 is 0 Å². The Balaban J connectivity index is 1.85. The predicted molar refractivity (Wildman–Crippen MR) is 101 cm³/mol. The molecule has 0 saturated carbocycles. The topological polar surface area (TPSA) is 68.2 Å². The molecule has 1 unspecified atom stereocenters. The number of amides is 1. The predicted octanol–water partition coefficient (Wildman–Crippen LogP) is 3.33. The lowest BCUT2D eigenvalue weighted by atomic mass is 9.98. The van der Waals surface area contributed by atoms with Crippen LogP contribution >= 0.6 is 0 Å². The SMILES string of the molecule is CCC(=O)OCC(=O)N1N=C(c2ccccc2)CC1c1ccc(OC)cc1. The minimum atomic E-state index is -0.407. The van der Waals surface area contributed by atoms with Crippen LogP contribution in [0.2, 0.25) is 0 Å². The molecule has 1 aliphatic heterocycles. The lowest BCUT2D eigenvalue weighted by Crippen LogP contribution is -2.31. The average Bonchev–Trinajstić information content (AvgIpc) is 3.18. The molecule has 0 saturated heterocycles. The maximum Gasteiger partial charge on any atom is 0.306 e. The fourth-order valence-electron chi connectivity index (χ4n) is 2.94. The molecule has 6 nitrogen and oxygen atoms in total. The van der Waals surface area contributed by atoms with Crippen molar-refractivity contribution in [1.29, 1.82) is 0 Å². The molecule has 1 amide bonds. The summed E-state index contributed by atoms with van der Waals surface area (Å²) in [6, 6.07) is 17.1. The van der Waals surface area contributed by atoms with Crippen molar-refractivity contribution in [3.8, 4) is 5.75 Å². The van der Waals surface area contributed by atoms with Crippen molar-refractivity contribution in [2.75, 3.05) is 13.7 Å². The van der Waals surface area contributed by atoms with Crippen molar-refractivity contribution < 1.29 is 19.1 Å². The number of ether oxygens (including phenoxy) is 2. The van der Waals surface area contributed by atoms with Crippen LogP contribution in [0, 0.1) is 0 Å². The Labute approximate surface area is 158 Å². The molecule has 2 aromatic carbocycles. The number of nitrogens with zero attached hydrogens (tertiary/aromatic N) is 2. The smallest absolute Gasteiger partial charge is 0.306 e. The van der Waals surface area contributed by atoms with E-state index in [0.29, 0.717) is 6.42 Å². The number of benzene rings is 2. The number of hydrogen-bond acceptors (Lipinski definition) is 5. The molecule has 0 aliphatic carbocycles. The standard InChI is InChI=1S/C21H22N2O4/c1-3-21(25)27-14-20(24)23-19(16-9-11-17(26-2)12-10-16)13-18(22-23)15-7-5-4-6-8-15/h4-12,19H,3,13-14H2,1-2H3. The molecular formula is C21H22N2O4. The van der Waals surface area contributed by atoms with Gasteiger partial charge in [-0.2, -0.15) is 5.10 Å². The Morgan fingerprint density at radius 2 is 1.81 bits per heavy atom. The monoisotopic (exact) mass is 366 g/mol. The fourth-order valence-corrected chi connectivity index (χ4v) is 2.94. The van der Waals surface area contributed by atoms with Crippen molar-refractivity contribution in [2.24, 2.45) is 5.10 Å². The Bertz CT molecular complexity index is 831. The highest BCUT2D eigenvalue weighted by molar-refractivity contribution is 6.03. The first-order valence-corrected chi connectivity index (χ1v) is 8.87. The maximum atomic E-state index is 12.7. The van der Waals surface area contributed by atoms with Crippen LogP contribution in [0.4, 0.5) is 0 Å². The zero-order valence-electron chi connectivity index (χ0n) is 15.4. The first-order valence-electron chi connectivity index (χ1n) is 8.87. The van der Waals surface area contributed by atoms with E-state index in [0.717, 1.165) is 22.6 Å². The zero-order valence-corrected chi connectivity index (χ0v) is 15.4. The lowest BCUT2D eigenvalue weighted by Gasteiger charge is -2.22. The summed E-state index contributed by atoms with van der Waals surface area (Å²) >= 11 is 0. The number of methoxy groups -OCH3 is 1. The number of carbonyl (C=O) groups excluding carboxylic acids is 2. The second-order valence-electron chi connectivity index (χ2n) is 6.16. The Hall–Kier alpha value is -3.15. The second-order valence-corrected chi connectivity index (χ2v) is 6.16. The van der Waals surface area contributed by atoms with Gasteiger partial charge in [-0.05, 0) is 23.3 Å². The summed E-state index contributed by atoms with van der Waals surface area (Å²) in [4.78, 5) is 24.1.